The van der Waals surface area contributed by atoms with E-state index < -0.39 is 0 Å². The van der Waals surface area contributed by atoms with E-state index in [1.54, 1.807) is 0 Å². The molecule has 0 saturated heterocycles. The lowest BCUT2D eigenvalue weighted by Gasteiger charge is -1.74. The Morgan fingerprint density at radius 2 is 1.67 bits per heavy atom. The standard InChI is InChI=1S/C3H8N2.ClH/c1-3(2)5-4;/h4H2,1-2H3;1H. The van der Waals surface area contributed by atoms with Crippen LogP contribution in [0.2, 0.25) is 0 Å². The number of halogens is 1. The average molecular weight is 109 g/mol. The van der Waals surface area contributed by atoms with E-state index in [0.717, 1.165) is 5.71 Å². The first-order chi connectivity index (χ1) is 2.27. The van der Waals surface area contributed by atoms with Crippen molar-refractivity contribution < 1.29 is 0 Å². The largest absolute Gasteiger partial charge is 0.323 e. The molecule has 38 valence electrons. The van der Waals surface area contributed by atoms with Crippen molar-refractivity contribution in [2.45, 2.75) is 13.8 Å². The molecule has 0 atom stereocenters. The molecule has 2 nitrogen and oxygen atoms in total. The van der Waals surface area contributed by atoms with Crippen molar-refractivity contribution in [2.75, 3.05) is 0 Å². The van der Waals surface area contributed by atoms with Gasteiger partial charge in [-0.25, -0.2) is 0 Å². The molecule has 0 aliphatic carbocycles. The fraction of sp³-hybridized carbons (Fsp3) is 0.667. The Morgan fingerprint density at radius 1 is 1.50 bits per heavy atom. The summed E-state index contributed by atoms with van der Waals surface area (Å²) in [4.78, 5) is 0. The Hall–Kier alpha value is -0.240. The maximum atomic E-state index is 4.76. The van der Waals surface area contributed by atoms with Crippen LogP contribution in [0, 0.1) is 0 Å². The lowest BCUT2D eigenvalue weighted by atomic mass is 10.5. The summed E-state index contributed by atoms with van der Waals surface area (Å²) in [6.07, 6.45) is 0. The zero-order valence-electron chi connectivity index (χ0n) is 3.93. The molecule has 0 aromatic heterocycles. The Morgan fingerprint density at radius 3 is 1.67 bits per heavy atom. The SMILES string of the molecule is CC(C)=NN.Cl. The number of nitrogens with zero attached hydrogens (tertiary/aromatic N) is 1. The van der Waals surface area contributed by atoms with Crippen LogP contribution in [-0.4, -0.2) is 5.71 Å². The molecule has 0 amide bonds. The summed E-state index contributed by atoms with van der Waals surface area (Å²) in [7, 11) is 0. The van der Waals surface area contributed by atoms with Gasteiger partial charge in [0.05, 0.1) is 0 Å². The van der Waals surface area contributed by atoms with E-state index in [4.69, 9.17) is 5.84 Å². The average Bonchev–Trinajstić information content (AvgIpc) is 1.38. The molecule has 6 heavy (non-hydrogen) atoms. The highest BCUT2D eigenvalue weighted by atomic mass is 35.5. The van der Waals surface area contributed by atoms with Gasteiger partial charge in [-0.2, -0.15) is 5.10 Å². The zero-order valence-corrected chi connectivity index (χ0v) is 4.75. The lowest BCUT2D eigenvalue weighted by Crippen LogP contribution is -1.86. The number of hydrogen-bond acceptors (Lipinski definition) is 2. The summed E-state index contributed by atoms with van der Waals surface area (Å²) in [5, 5.41) is 3.31. The van der Waals surface area contributed by atoms with Crippen LogP contribution in [0.5, 0.6) is 0 Å². The number of hydrogen-bond donors (Lipinski definition) is 1. The summed E-state index contributed by atoms with van der Waals surface area (Å²) in [6.45, 7) is 3.69. The molecular formula is C3H9ClN2. The normalized spacial score (nSPS) is 5.67. The molecule has 0 saturated carbocycles. The van der Waals surface area contributed by atoms with Crippen LogP contribution < -0.4 is 5.84 Å². The number of rotatable bonds is 0. The van der Waals surface area contributed by atoms with Gasteiger partial charge < -0.3 is 5.84 Å². The van der Waals surface area contributed by atoms with E-state index in [1.807, 2.05) is 13.8 Å². The Kier molecular flexibility index (Phi) is 7.32. The molecule has 0 aromatic carbocycles. The van der Waals surface area contributed by atoms with Gasteiger partial charge in [0, 0.05) is 5.71 Å². The second-order valence-electron chi connectivity index (χ2n) is 1.08. The Bertz CT molecular complexity index is 46.8. The minimum atomic E-state index is 0. The summed E-state index contributed by atoms with van der Waals surface area (Å²) in [5.41, 5.74) is 0.907. The zero-order chi connectivity index (χ0) is 4.28. The second kappa shape index (κ2) is 4.76. The molecule has 2 N–H and O–H groups in total. The Labute approximate surface area is 43.8 Å². The molecule has 0 aliphatic heterocycles. The fourth-order valence-corrected chi connectivity index (χ4v) is 0. The fourth-order valence-electron chi connectivity index (χ4n) is 0. The highest BCUT2D eigenvalue weighted by molar-refractivity contribution is 5.85. The molecule has 0 heterocycles. The number of nitrogens with two attached hydrogens (primary N) is 1. The van der Waals surface area contributed by atoms with E-state index in [2.05, 4.69) is 5.10 Å². The highest BCUT2D eigenvalue weighted by Gasteiger charge is 1.63. The van der Waals surface area contributed by atoms with Crippen molar-refractivity contribution in [1.29, 1.82) is 0 Å². The van der Waals surface area contributed by atoms with Crippen molar-refractivity contribution in [1.82, 2.24) is 0 Å². The van der Waals surface area contributed by atoms with E-state index in [-0.39, 0.29) is 12.4 Å². The molecular weight excluding hydrogens is 99.5 g/mol. The smallest absolute Gasteiger partial charge is 0.0314 e. The van der Waals surface area contributed by atoms with Gasteiger partial charge in [-0.05, 0) is 13.8 Å². The maximum Gasteiger partial charge on any atom is 0.0314 e. The van der Waals surface area contributed by atoms with Crippen molar-refractivity contribution in [3.05, 3.63) is 0 Å². The van der Waals surface area contributed by atoms with Crippen LogP contribution in [-0.2, 0) is 0 Å². The molecule has 3 heteroatoms. The summed E-state index contributed by atoms with van der Waals surface area (Å²) in [6, 6.07) is 0. The summed E-state index contributed by atoms with van der Waals surface area (Å²) < 4.78 is 0. The van der Waals surface area contributed by atoms with Gasteiger partial charge >= 0.3 is 0 Å². The number of hydrazone groups is 1. The van der Waals surface area contributed by atoms with Gasteiger partial charge in [0.2, 0.25) is 0 Å². The van der Waals surface area contributed by atoms with Crippen molar-refractivity contribution in [2.24, 2.45) is 10.9 Å². The first kappa shape index (κ1) is 9.23. The maximum absolute atomic E-state index is 4.76. The molecule has 0 unspecified atom stereocenters. The molecule has 0 bridgehead atoms. The third-order valence-electron chi connectivity index (χ3n) is 0.258. The van der Waals surface area contributed by atoms with Gasteiger partial charge in [0.15, 0.2) is 0 Å². The minimum absolute atomic E-state index is 0. The summed E-state index contributed by atoms with van der Waals surface area (Å²) >= 11 is 0. The first-order valence-electron chi connectivity index (χ1n) is 1.48. The second-order valence-corrected chi connectivity index (χ2v) is 1.08. The first-order valence-corrected chi connectivity index (χ1v) is 1.48. The van der Waals surface area contributed by atoms with Crippen LogP contribution >= 0.6 is 12.4 Å². The van der Waals surface area contributed by atoms with Gasteiger partial charge in [-0.1, -0.05) is 0 Å². The van der Waals surface area contributed by atoms with Gasteiger partial charge in [0.25, 0.3) is 0 Å². The van der Waals surface area contributed by atoms with Crippen LogP contribution in [0.25, 0.3) is 0 Å². The van der Waals surface area contributed by atoms with Crippen LogP contribution in [0.1, 0.15) is 13.8 Å². The van der Waals surface area contributed by atoms with E-state index >= 15 is 0 Å². The van der Waals surface area contributed by atoms with Crippen molar-refractivity contribution in [3.63, 3.8) is 0 Å². The predicted octanol–water partition coefficient (Wildman–Crippen LogP) is 0.763. The molecule has 0 fully saturated rings. The topological polar surface area (TPSA) is 38.4 Å². The van der Waals surface area contributed by atoms with Crippen molar-refractivity contribution >= 4 is 18.1 Å². The van der Waals surface area contributed by atoms with Crippen LogP contribution in [0.4, 0.5) is 0 Å². The monoisotopic (exact) mass is 108 g/mol. The van der Waals surface area contributed by atoms with Gasteiger partial charge in [0.1, 0.15) is 0 Å². The summed E-state index contributed by atoms with van der Waals surface area (Å²) in [5.74, 6) is 4.76. The lowest BCUT2D eigenvalue weighted by molar-refractivity contribution is 1.23. The molecule has 0 aliphatic rings. The van der Waals surface area contributed by atoms with E-state index in [9.17, 15) is 0 Å². The van der Waals surface area contributed by atoms with Gasteiger partial charge in [-0.3, -0.25) is 0 Å². The highest BCUT2D eigenvalue weighted by Crippen LogP contribution is 1.59. The van der Waals surface area contributed by atoms with Crippen LogP contribution in [0.15, 0.2) is 5.10 Å². The van der Waals surface area contributed by atoms with E-state index in [0.29, 0.717) is 0 Å². The third kappa shape index (κ3) is 9.25. The third-order valence-corrected chi connectivity index (χ3v) is 0.258. The Balaban J connectivity index is 0. The molecule has 0 rings (SSSR count). The predicted molar refractivity (Wildman–Crippen MR) is 30.2 cm³/mol. The van der Waals surface area contributed by atoms with Gasteiger partial charge in [-0.15, -0.1) is 12.4 Å². The van der Waals surface area contributed by atoms with E-state index in [1.165, 1.54) is 0 Å². The molecule has 0 aromatic rings. The quantitative estimate of drug-likeness (QED) is 0.278. The molecule has 0 spiro atoms. The minimum Gasteiger partial charge on any atom is -0.323 e. The van der Waals surface area contributed by atoms with Crippen LogP contribution in [0.3, 0.4) is 0 Å². The van der Waals surface area contributed by atoms with Crippen molar-refractivity contribution in [3.8, 4) is 0 Å². The molecule has 0 radical (unpaired) electrons.